The summed E-state index contributed by atoms with van der Waals surface area (Å²) in [7, 11) is 1.92. The fraction of sp³-hybridized carbons (Fsp3) is 0.562. The van der Waals surface area contributed by atoms with E-state index in [0.717, 1.165) is 14.1 Å². The Labute approximate surface area is 230 Å². The van der Waals surface area contributed by atoms with Crippen LogP contribution in [0.2, 0.25) is 0 Å². The van der Waals surface area contributed by atoms with E-state index < -0.39 is 78.8 Å². The molecule has 0 aliphatic carbocycles. The van der Waals surface area contributed by atoms with Crippen molar-refractivity contribution in [1.82, 2.24) is 19.6 Å². The Balaban J connectivity index is -0.000000617. The molecule has 0 aromatic carbocycles. The summed E-state index contributed by atoms with van der Waals surface area (Å²) in [5, 5.41) is 14.7. The zero-order chi connectivity index (χ0) is 28.3. The van der Waals surface area contributed by atoms with Crippen molar-refractivity contribution in [3.63, 3.8) is 0 Å². The molecular weight excluding hydrogens is 574 g/mol. The monoisotopic (exact) mass is 589 g/mol. The number of ether oxygens (including phenoxy) is 2. The van der Waals surface area contributed by atoms with Gasteiger partial charge in [-0.05, 0) is 0 Å². The van der Waals surface area contributed by atoms with E-state index in [1.165, 1.54) is 0 Å². The zero-order valence-electron chi connectivity index (χ0n) is 20.3. The third-order valence-corrected chi connectivity index (χ3v) is 3.68. The number of rotatable bonds is 6. The van der Waals surface area contributed by atoms with Gasteiger partial charge >= 0.3 is 54.3 Å². The Hall–Kier alpha value is -2.13. The van der Waals surface area contributed by atoms with E-state index in [-0.39, 0.29) is 45.7 Å². The van der Waals surface area contributed by atoms with E-state index >= 15 is 0 Å². The molecule has 211 valence electrons. The molecule has 2 aromatic rings. The van der Waals surface area contributed by atoms with Gasteiger partial charge in [0.25, 0.3) is 0 Å². The van der Waals surface area contributed by atoms with Crippen molar-refractivity contribution in [2.24, 2.45) is 14.1 Å². The summed E-state index contributed by atoms with van der Waals surface area (Å²) >= 11 is 0. The van der Waals surface area contributed by atoms with Gasteiger partial charge < -0.3 is 16.0 Å². The van der Waals surface area contributed by atoms with Gasteiger partial charge in [-0.1, -0.05) is 0 Å². The Morgan fingerprint density at radius 2 is 1.16 bits per heavy atom. The summed E-state index contributed by atoms with van der Waals surface area (Å²) in [4.78, 5) is 10.5. The molecule has 0 saturated carbocycles. The van der Waals surface area contributed by atoms with Crippen LogP contribution in [0, 0.1) is 0 Å². The number of aryl methyl sites for hydroxylation is 2. The van der Waals surface area contributed by atoms with Crippen LogP contribution in [0.1, 0.15) is 28.7 Å². The van der Waals surface area contributed by atoms with Crippen molar-refractivity contribution >= 4 is 14.7 Å². The van der Waals surface area contributed by atoms with E-state index in [1.807, 2.05) is 0 Å². The summed E-state index contributed by atoms with van der Waals surface area (Å²) in [5.41, 5.74) is -4.94. The molecule has 2 rings (SSSR count). The second kappa shape index (κ2) is 13.8. The molecule has 1 N–H and O–H groups in total. The Bertz CT molecular complexity index is 1050. The van der Waals surface area contributed by atoms with Crippen LogP contribution in [-0.2, 0) is 33.1 Å². The number of aromatic nitrogens is 4. The molecule has 8 nitrogen and oxygen atoms in total. The molecule has 0 atom stereocenters. The van der Waals surface area contributed by atoms with Crippen LogP contribution in [0.4, 0.5) is 52.7 Å². The molecule has 22 heteroatoms. The molecule has 0 saturated heterocycles. The first-order valence-electron chi connectivity index (χ1n) is 8.84. The normalized spacial score (nSPS) is 12.1. The van der Waals surface area contributed by atoms with E-state index in [0.29, 0.717) is 9.36 Å². The first-order valence-corrected chi connectivity index (χ1v) is 8.84. The summed E-state index contributed by atoms with van der Waals surface area (Å²) in [6.45, 7) is -4.71. The molecule has 38 heavy (non-hydrogen) atoms. The second-order valence-corrected chi connectivity index (χ2v) is 6.53. The molecule has 0 aliphatic rings. The summed E-state index contributed by atoms with van der Waals surface area (Å²) in [6, 6.07) is 0. The maximum absolute atomic E-state index is 12.4. The first-order chi connectivity index (χ1) is 16.1. The van der Waals surface area contributed by atoms with Gasteiger partial charge in [0.2, 0.25) is 11.8 Å². The third-order valence-electron chi connectivity index (χ3n) is 3.68. The molecule has 3 radical (unpaired) electrons. The van der Waals surface area contributed by atoms with Crippen LogP contribution in [0.3, 0.4) is 0 Å². The van der Waals surface area contributed by atoms with Crippen LogP contribution in [0.25, 0.3) is 0 Å². The van der Waals surface area contributed by atoms with Crippen LogP contribution >= 0.6 is 0 Å². The van der Waals surface area contributed by atoms with Crippen LogP contribution < -0.4 is 39.0 Å². The van der Waals surface area contributed by atoms with Crippen molar-refractivity contribution in [3.05, 3.63) is 22.5 Å². The molecule has 2 heterocycles. The van der Waals surface area contributed by atoms with Crippen molar-refractivity contribution in [2.75, 3.05) is 13.2 Å². The quantitative estimate of drug-likeness (QED) is 0.305. The van der Waals surface area contributed by atoms with Gasteiger partial charge in [0.1, 0.15) is 5.56 Å². The Morgan fingerprint density at radius 1 is 0.789 bits per heavy atom. The van der Waals surface area contributed by atoms with Crippen LogP contribution in [0.5, 0.6) is 11.8 Å². The molecule has 0 fully saturated rings. The van der Waals surface area contributed by atoms with Crippen LogP contribution in [-0.4, -0.2) is 64.9 Å². The largest absolute Gasteiger partial charge is 1.00 e. The standard InChI is InChI=1S/C8H8F6N2O2.C8H6F6N2O2.B.Na.H/c2*1-16-6(18-3-7(9,10)11)4(2-17)5(15-16)8(12,13)14;;;/h17H,2-3H2,1H3;2H,3H2,1H3;;;/q;;;+1;-1. The van der Waals surface area contributed by atoms with Gasteiger partial charge in [0.05, 0.1) is 12.2 Å². The number of hydrogen-bond acceptors (Lipinski definition) is 6. The van der Waals surface area contributed by atoms with Crippen LogP contribution in [0.15, 0.2) is 0 Å². The van der Waals surface area contributed by atoms with Crippen molar-refractivity contribution in [3.8, 4) is 11.8 Å². The zero-order valence-corrected chi connectivity index (χ0v) is 21.3. The summed E-state index contributed by atoms with van der Waals surface area (Å²) in [5.74, 6) is -1.64. The third kappa shape index (κ3) is 10.9. The van der Waals surface area contributed by atoms with Gasteiger partial charge in [-0.25, -0.2) is 9.36 Å². The maximum Gasteiger partial charge on any atom is 1.00 e. The molecule has 0 aliphatic heterocycles. The van der Waals surface area contributed by atoms with Crippen molar-refractivity contribution < 1.29 is 103 Å². The summed E-state index contributed by atoms with van der Waals surface area (Å²) in [6.07, 6.45) is -19.5. The SMILES string of the molecule is Cn1nc(C(F)(F)F)c(C=O)c1OCC(F)(F)F.Cn1nc(C(F)(F)F)c(CO)c1OCC(F)(F)F.[B].[H-].[Na+]. The number of carbonyl (C=O) groups excluding carboxylic acids is 1. The topological polar surface area (TPSA) is 91.4 Å². The number of nitrogens with zero attached hydrogens (tertiary/aromatic N) is 4. The molecule has 0 bridgehead atoms. The fourth-order valence-corrected chi connectivity index (χ4v) is 2.42. The number of aliphatic hydroxyl groups excluding tert-OH is 1. The van der Waals surface area contributed by atoms with E-state index in [1.54, 1.807) is 0 Å². The maximum atomic E-state index is 12.4. The number of halogens is 12. The van der Waals surface area contributed by atoms with Crippen molar-refractivity contribution in [2.45, 2.75) is 31.3 Å². The molecular formula is C16H15BF12N4NaO4. The summed E-state index contributed by atoms with van der Waals surface area (Å²) < 4.78 is 155. The first kappa shape index (κ1) is 38.0. The van der Waals surface area contributed by atoms with E-state index in [2.05, 4.69) is 19.7 Å². The predicted octanol–water partition coefficient (Wildman–Crippen LogP) is 0.800. The van der Waals surface area contributed by atoms with Gasteiger partial charge in [-0.15, -0.1) is 0 Å². The number of hydrogen-bond donors (Lipinski definition) is 1. The average molecular weight is 589 g/mol. The second-order valence-electron chi connectivity index (χ2n) is 6.53. The number of aliphatic hydroxyl groups is 1. The van der Waals surface area contributed by atoms with E-state index in [9.17, 15) is 57.5 Å². The minimum atomic E-state index is -4.95. The average Bonchev–Trinajstić information content (AvgIpc) is 3.19. The van der Waals surface area contributed by atoms with Gasteiger partial charge in [-0.2, -0.15) is 62.9 Å². The molecule has 0 amide bonds. The fourth-order valence-electron chi connectivity index (χ4n) is 2.42. The molecule has 0 unspecified atom stereocenters. The predicted molar refractivity (Wildman–Crippen MR) is 97.7 cm³/mol. The van der Waals surface area contributed by atoms with Gasteiger partial charge in [-0.3, -0.25) is 4.79 Å². The van der Waals surface area contributed by atoms with Crippen molar-refractivity contribution in [1.29, 1.82) is 0 Å². The Kier molecular flexibility index (Phi) is 13.8. The minimum absolute atomic E-state index is 0. The minimum Gasteiger partial charge on any atom is -1.00 e. The molecule has 0 spiro atoms. The number of alkyl halides is 12. The van der Waals surface area contributed by atoms with E-state index in [4.69, 9.17) is 5.11 Å². The number of aldehydes is 1. The molecule has 2 aromatic heterocycles. The smallest absolute Gasteiger partial charge is 1.00 e. The number of carbonyl (C=O) groups is 1. The van der Waals surface area contributed by atoms with Gasteiger partial charge in [0, 0.05) is 22.5 Å². The Morgan fingerprint density at radius 3 is 1.50 bits per heavy atom. The van der Waals surface area contributed by atoms with Gasteiger partial charge in [0.15, 0.2) is 30.9 Å².